The molecule has 0 atom stereocenters. The van der Waals surface area contributed by atoms with Gasteiger partial charge in [0.2, 0.25) is 0 Å². The molecule has 0 aromatic heterocycles. The number of benzene rings is 3. The van der Waals surface area contributed by atoms with Gasteiger partial charge in [-0.15, -0.1) is 0 Å². The molecule has 3 N–H and O–H groups in total. The van der Waals surface area contributed by atoms with E-state index in [0.717, 1.165) is 22.4 Å². The summed E-state index contributed by atoms with van der Waals surface area (Å²) in [5.41, 5.74) is 10.2. The predicted molar refractivity (Wildman–Crippen MR) is 96.5 cm³/mol. The summed E-state index contributed by atoms with van der Waals surface area (Å²) in [6, 6.07) is 24.8. The van der Waals surface area contributed by atoms with E-state index in [2.05, 4.69) is 5.32 Å². The first kappa shape index (κ1) is 15.6. The van der Waals surface area contributed by atoms with Crippen LogP contribution in [0.2, 0.25) is 0 Å². The second-order valence-electron chi connectivity index (χ2n) is 5.39. The third-order valence-electron chi connectivity index (χ3n) is 3.56. The highest BCUT2D eigenvalue weighted by molar-refractivity contribution is 5.85. The van der Waals surface area contributed by atoms with Gasteiger partial charge in [-0.05, 0) is 41.0 Å². The SMILES string of the molecule is Nc1cccc(-c2ccc(NC(=O)OCc3ccccc3)cc2)c1. The van der Waals surface area contributed by atoms with Crippen molar-refractivity contribution < 1.29 is 9.53 Å². The van der Waals surface area contributed by atoms with Crippen LogP contribution in [0.3, 0.4) is 0 Å². The van der Waals surface area contributed by atoms with Crippen LogP contribution in [0.5, 0.6) is 0 Å². The van der Waals surface area contributed by atoms with E-state index < -0.39 is 6.09 Å². The summed E-state index contributed by atoms with van der Waals surface area (Å²) >= 11 is 0. The maximum absolute atomic E-state index is 11.8. The Kier molecular flexibility index (Phi) is 4.77. The van der Waals surface area contributed by atoms with Crippen LogP contribution in [0.1, 0.15) is 5.56 Å². The van der Waals surface area contributed by atoms with Crippen molar-refractivity contribution in [2.75, 3.05) is 11.1 Å². The molecule has 0 aliphatic heterocycles. The van der Waals surface area contributed by atoms with E-state index in [4.69, 9.17) is 10.5 Å². The molecule has 1 amide bonds. The molecule has 0 heterocycles. The zero-order valence-corrected chi connectivity index (χ0v) is 13.1. The first-order valence-electron chi connectivity index (χ1n) is 7.64. The fourth-order valence-electron chi connectivity index (χ4n) is 2.34. The fraction of sp³-hybridized carbons (Fsp3) is 0.0500. The van der Waals surface area contributed by atoms with Crippen LogP contribution >= 0.6 is 0 Å². The Labute approximate surface area is 140 Å². The zero-order chi connectivity index (χ0) is 16.8. The molecule has 0 aliphatic rings. The second kappa shape index (κ2) is 7.33. The molecule has 0 bridgehead atoms. The van der Waals surface area contributed by atoms with Gasteiger partial charge < -0.3 is 10.5 Å². The van der Waals surface area contributed by atoms with Gasteiger partial charge in [0, 0.05) is 11.4 Å². The molecule has 4 heteroatoms. The Morgan fingerprint density at radius 1 is 0.875 bits per heavy atom. The van der Waals surface area contributed by atoms with E-state index in [9.17, 15) is 4.79 Å². The molecule has 3 aromatic carbocycles. The van der Waals surface area contributed by atoms with Crippen molar-refractivity contribution in [2.24, 2.45) is 0 Å². The number of nitrogen functional groups attached to an aromatic ring is 1. The summed E-state index contributed by atoms with van der Waals surface area (Å²) < 4.78 is 5.20. The minimum Gasteiger partial charge on any atom is -0.444 e. The zero-order valence-electron chi connectivity index (χ0n) is 13.1. The molecule has 0 aliphatic carbocycles. The number of hydrogen-bond donors (Lipinski definition) is 2. The minimum atomic E-state index is -0.476. The lowest BCUT2D eigenvalue weighted by atomic mass is 10.0. The monoisotopic (exact) mass is 318 g/mol. The number of carbonyl (C=O) groups is 1. The average molecular weight is 318 g/mol. The van der Waals surface area contributed by atoms with Crippen molar-refractivity contribution in [2.45, 2.75) is 6.61 Å². The molecule has 0 unspecified atom stereocenters. The molecule has 24 heavy (non-hydrogen) atoms. The van der Waals surface area contributed by atoms with Crippen molar-refractivity contribution in [3.63, 3.8) is 0 Å². The van der Waals surface area contributed by atoms with Gasteiger partial charge in [-0.25, -0.2) is 4.79 Å². The number of ether oxygens (including phenoxy) is 1. The van der Waals surface area contributed by atoms with Gasteiger partial charge in [-0.1, -0.05) is 54.6 Å². The first-order chi connectivity index (χ1) is 11.7. The number of nitrogens with two attached hydrogens (primary N) is 1. The van der Waals surface area contributed by atoms with Gasteiger partial charge in [0.25, 0.3) is 0 Å². The average Bonchev–Trinajstić information content (AvgIpc) is 2.61. The molecule has 120 valence electrons. The summed E-state index contributed by atoms with van der Waals surface area (Å²) in [6.07, 6.45) is -0.476. The van der Waals surface area contributed by atoms with E-state index in [1.54, 1.807) is 0 Å². The van der Waals surface area contributed by atoms with E-state index >= 15 is 0 Å². The quantitative estimate of drug-likeness (QED) is 0.686. The summed E-state index contributed by atoms with van der Waals surface area (Å²) in [7, 11) is 0. The number of hydrogen-bond acceptors (Lipinski definition) is 3. The summed E-state index contributed by atoms with van der Waals surface area (Å²) in [4.78, 5) is 11.8. The minimum absolute atomic E-state index is 0.244. The molecule has 3 rings (SSSR count). The van der Waals surface area contributed by atoms with Crippen LogP contribution < -0.4 is 11.1 Å². The first-order valence-corrected chi connectivity index (χ1v) is 7.64. The summed E-state index contributed by atoms with van der Waals surface area (Å²) in [5, 5.41) is 2.72. The number of amides is 1. The van der Waals surface area contributed by atoms with Crippen LogP contribution in [-0.4, -0.2) is 6.09 Å². The van der Waals surface area contributed by atoms with Gasteiger partial charge >= 0.3 is 6.09 Å². The van der Waals surface area contributed by atoms with Crippen molar-refractivity contribution in [3.8, 4) is 11.1 Å². The van der Waals surface area contributed by atoms with Crippen molar-refractivity contribution in [1.29, 1.82) is 0 Å². The number of carbonyl (C=O) groups excluding carboxylic acids is 1. The molecule has 4 nitrogen and oxygen atoms in total. The second-order valence-corrected chi connectivity index (χ2v) is 5.39. The molecular formula is C20H18N2O2. The van der Waals surface area contributed by atoms with Crippen LogP contribution in [0.15, 0.2) is 78.9 Å². The third kappa shape index (κ3) is 4.14. The van der Waals surface area contributed by atoms with Crippen LogP contribution in [-0.2, 0) is 11.3 Å². The Balaban J connectivity index is 1.58. The largest absolute Gasteiger partial charge is 0.444 e. The molecule has 0 spiro atoms. The highest BCUT2D eigenvalue weighted by Crippen LogP contribution is 2.23. The maximum atomic E-state index is 11.8. The molecule has 0 fully saturated rings. The van der Waals surface area contributed by atoms with E-state index in [1.165, 1.54) is 0 Å². The van der Waals surface area contributed by atoms with Crippen molar-refractivity contribution >= 4 is 17.5 Å². The highest BCUT2D eigenvalue weighted by atomic mass is 16.5. The molecular weight excluding hydrogens is 300 g/mol. The lowest BCUT2D eigenvalue weighted by molar-refractivity contribution is 0.155. The van der Waals surface area contributed by atoms with E-state index in [0.29, 0.717) is 5.69 Å². The van der Waals surface area contributed by atoms with Gasteiger partial charge in [0.15, 0.2) is 0 Å². The fourth-order valence-corrected chi connectivity index (χ4v) is 2.34. The molecule has 0 saturated heterocycles. The Hall–Kier alpha value is -3.27. The van der Waals surface area contributed by atoms with Gasteiger partial charge in [-0.3, -0.25) is 5.32 Å². The predicted octanol–water partition coefficient (Wildman–Crippen LogP) is 4.68. The Morgan fingerprint density at radius 3 is 2.33 bits per heavy atom. The standard InChI is InChI=1S/C20H18N2O2/c21-18-8-4-7-17(13-18)16-9-11-19(12-10-16)22-20(23)24-14-15-5-2-1-3-6-15/h1-13H,14,21H2,(H,22,23). The maximum Gasteiger partial charge on any atom is 0.411 e. The van der Waals surface area contributed by atoms with Crippen LogP contribution in [0.25, 0.3) is 11.1 Å². The van der Waals surface area contributed by atoms with Gasteiger partial charge in [0.05, 0.1) is 0 Å². The lowest BCUT2D eigenvalue weighted by Gasteiger charge is -2.08. The number of nitrogens with one attached hydrogen (secondary N) is 1. The summed E-state index contributed by atoms with van der Waals surface area (Å²) in [6.45, 7) is 0.244. The third-order valence-corrected chi connectivity index (χ3v) is 3.56. The topological polar surface area (TPSA) is 64.3 Å². The Bertz CT molecular complexity index is 815. The van der Waals surface area contributed by atoms with Crippen molar-refractivity contribution in [1.82, 2.24) is 0 Å². The Morgan fingerprint density at radius 2 is 1.62 bits per heavy atom. The van der Waals surface area contributed by atoms with Crippen LogP contribution in [0, 0.1) is 0 Å². The number of rotatable bonds is 4. The summed E-state index contributed by atoms with van der Waals surface area (Å²) in [5.74, 6) is 0. The smallest absolute Gasteiger partial charge is 0.411 e. The van der Waals surface area contributed by atoms with Crippen LogP contribution in [0.4, 0.5) is 16.2 Å². The van der Waals surface area contributed by atoms with E-state index in [1.807, 2.05) is 78.9 Å². The van der Waals surface area contributed by atoms with Gasteiger partial charge in [0.1, 0.15) is 6.61 Å². The molecule has 0 saturated carbocycles. The molecule has 0 radical (unpaired) electrons. The van der Waals surface area contributed by atoms with E-state index in [-0.39, 0.29) is 6.61 Å². The normalized spacial score (nSPS) is 10.2. The lowest BCUT2D eigenvalue weighted by Crippen LogP contribution is -2.13. The molecule has 3 aromatic rings. The van der Waals surface area contributed by atoms with Gasteiger partial charge in [-0.2, -0.15) is 0 Å². The number of anilines is 2. The highest BCUT2D eigenvalue weighted by Gasteiger charge is 2.04. The van der Waals surface area contributed by atoms with Crippen molar-refractivity contribution in [3.05, 3.63) is 84.4 Å².